The molecule has 3 nitrogen and oxygen atoms in total. The monoisotopic (exact) mass is 337 g/mol. The molecule has 2 heterocycles. The highest BCUT2D eigenvalue weighted by Gasteiger charge is 2.22. The molecule has 1 saturated heterocycles. The van der Waals surface area contributed by atoms with Crippen molar-refractivity contribution in [2.45, 2.75) is 19.4 Å². The van der Waals surface area contributed by atoms with E-state index < -0.39 is 0 Å². The zero-order valence-electron chi connectivity index (χ0n) is 11.6. The molecule has 1 aliphatic rings. The molecule has 114 valence electrons. The van der Waals surface area contributed by atoms with Crippen molar-refractivity contribution in [2.24, 2.45) is 0 Å². The van der Waals surface area contributed by atoms with Gasteiger partial charge in [0.1, 0.15) is 5.15 Å². The van der Waals surface area contributed by atoms with E-state index in [0.29, 0.717) is 11.2 Å². The molecule has 1 aliphatic heterocycles. The molecule has 0 bridgehead atoms. The average molecular weight is 339 g/mol. The lowest BCUT2D eigenvalue weighted by Gasteiger charge is -2.35. The number of pyridine rings is 1. The number of nitrogens with one attached hydrogen (secondary N) is 1. The molecule has 1 N–H and O–H groups in total. The molecule has 0 spiro atoms. The number of rotatable bonds is 4. The lowest BCUT2D eigenvalue weighted by atomic mass is 9.99. The van der Waals surface area contributed by atoms with Gasteiger partial charge >= 0.3 is 0 Å². The molecule has 1 aromatic rings. The molecule has 2 rings (SSSR count). The third-order valence-electron chi connectivity index (χ3n) is 3.27. The molecule has 0 radical (unpaired) electrons. The van der Waals surface area contributed by atoms with Crippen LogP contribution in [0.3, 0.4) is 0 Å². The van der Waals surface area contributed by atoms with Crippen molar-refractivity contribution in [3.63, 3.8) is 0 Å². The van der Waals surface area contributed by atoms with Crippen LogP contribution in [0.25, 0.3) is 0 Å². The molecular weight excluding hydrogens is 317 g/mol. The van der Waals surface area contributed by atoms with Crippen LogP contribution in [0.5, 0.6) is 0 Å². The summed E-state index contributed by atoms with van der Waals surface area (Å²) in [5.41, 5.74) is 2.43. The quantitative estimate of drug-likeness (QED) is 0.673. The maximum Gasteiger partial charge on any atom is 0.129 e. The predicted molar refractivity (Wildman–Crippen MR) is 90.4 cm³/mol. The third-order valence-corrected chi connectivity index (χ3v) is 3.49. The minimum absolute atomic E-state index is 0. The van der Waals surface area contributed by atoms with Crippen LogP contribution in [0.4, 0.5) is 0 Å². The van der Waals surface area contributed by atoms with Crippen molar-refractivity contribution < 1.29 is 0 Å². The smallest absolute Gasteiger partial charge is 0.129 e. The van der Waals surface area contributed by atoms with E-state index in [4.69, 9.17) is 11.6 Å². The van der Waals surface area contributed by atoms with Crippen molar-refractivity contribution in [3.8, 4) is 0 Å². The van der Waals surface area contributed by atoms with E-state index in [9.17, 15) is 0 Å². The third kappa shape index (κ3) is 5.58. The first kappa shape index (κ1) is 19.7. The lowest BCUT2D eigenvalue weighted by Crippen LogP contribution is -2.45. The molecule has 1 fully saturated rings. The average Bonchev–Trinajstić information content (AvgIpc) is 2.38. The molecule has 0 unspecified atom stereocenters. The normalized spacial score (nSPS) is 16.7. The second-order valence-electron chi connectivity index (χ2n) is 4.88. The molecule has 0 saturated carbocycles. The summed E-state index contributed by atoms with van der Waals surface area (Å²) in [7, 11) is 0. The van der Waals surface area contributed by atoms with Crippen LogP contribution in [-0.2, 0) is 0 Å². The molecule has 20 heavy (non-hydrogen) atoms. The summed E-state index contributed by atoms with van der Waals surface area (Å²) in [5.74, 6) is 0. The Balaban J connectivity index is 0.00000180. The van der Waals surface area contributed by atoms with E-state index in [0.717, 1.165) is 32.6 Å². The van der Waals surface area contributed by atoms with E-state index in [-0.39, 0.29) is 24.8 Å². The molecule has 0 amide bonds. The van der Waals surface area contributed by atoms with Crippen LogP contribution in [0.2, 0.25) is 5.15 Å². The molecule has 1 aromatic heterocycles. The minimum Gasteiger partial charge on any atom is -0.314 e. The van der Waals surface area contributed by atoms with Gasteiger partial charge in [-0.05, 0) is 25.0 Å². The highest BCUT2D eigenvalue weighted by atomic mass is 35.5. The Morgan fingerprint density at radius 2 is 2.05 bits per heavy atom. The standard InChI is InChI=1S/C14H20ClN3.2ClH/c1-11(2)9-13(18-7-5-16-6-8-18)12-3-4-14(15)17-10-12;;/h3-4,10,13,16H,1,5-9H2,2H3;2*1H/t13-;;/m1../s1. The Bertz CT molecular complexity index is 403. The van der Waals surface area contributed by atoms with Crippen LogP contribution < -0.4 is 5.32 Å². The SMILES string of the molecule is C=C(C)C[C@H](c1ccc(Cl)nc1)N1CCNCC1.Cl.Cl. The van der Waals surface area contributed by atoms with Crippen LogP contribution in [0.1, 0.15) is 24.9 Å². The molecule has 6 heteroatoms. The van der Waals surface area contributed by atoms with Crippen LogP contribution in [-0.4, -0.2) is 36.1 Å². The van der Waals surface area contributed by atoms with Gasteiger partial charge in [0.2, 0.25) is 0 Å². The maximum atomic E-state index is 5.86. The van der Waals surface area contributed by atoms with Gasteiger partial charge in [-0.1, -0.05) is 23.2 Å². The Labute approximate surface area is 138 Å². The minimum atomic E-state index is 0. The zero-order chi connectivity index (χ0) is 13.0. The number of aromatic nitrogens is 1. The summed E-state index contributed by atoms with van der Waals surface area (Å²) in [6.07, 6.45) is 2.86. The van der Waals surface area contributed by atoms with Gasteiger partial charge in [0.05, 0.1) is 0 Å². The van der Waals surface area contributed by atoms with E-state index in [2.05, 4.69) is 34.8 Å². The molecular formula is C14H22Cl3N3. The Morgan fingerprint density at radius 3 is 2.55 bits per heavy atom. The number of nitrogens with zero attached hydrogens (tertiary/aromatic N) is 2. The van der Waals surface area contributed by atoms with Crippen LogP contribution >= 0.6 is 36.4 Å². The molecule has 0 aromatic carbocycles. The highest BCUT2D eigenvalue weighted by Crippen LogP contribution is 2.27. The molecule has 0 aliphatic carbocycles. The summed E-state index contributed by atoms with van der Waals surface area (Å²) in [4.78, 5) is 6.69. The first-order valence-corrected chi connectivity index (χ1v) is 6.75. The van der Waals surface area contributed by atoms with E-state index in [1.807, 2.05) is 12.3 Å². The largest absolute Gasteiger partial charge is 0.314 e. The second-order valence-corrected chi connectivity index (χ2v) is 5.26. The maximum absolute atomic E-state index is 5.86. The van der Waals surface area contributed by atoms with Crippen molar-refractivity contribution >= 4 is 36.4 Å². The van der Waals surface area contributed by atoms with Crippen molar-refractivity contribution in [1.29, 1.82) is 0 Å². The number of hydrogen-bond acceptors (Lipinski definition) is 3. The summed E-state index contributed by atoms with van der Waals surface area (Å²) in [6.45, 7) is 10.4. The first-order valence-electron chi connectivity index (χ1n) is 6.37. The summed E-state index contributed by atoms with van der Waals surface area (Å²) in [5, 5.41) is 3.93. The van der Waals surface area contributed by atoms with Crippen molar-refractivity contribution in [3.05, 3.63) is 41.2 Å². The Kier molecular flexibility index (Phi) is 9.43. The second kappa shape index (κ2) is 9.59. The molecule has 1 atom stereocenters. The van der Waals surface area contributed by atoms with Gasteiger partial charge in [-0.3, -0.25) is 4.90 Å². The first-order chi connectivity index (χ1) is 8.66. The number of hydrogen-bond donors (Lipinski definition) is 1. The summed E-state index contributed by atoms with van der Waals surface area (Å²) in [6, 6.07) is 4.31. The fraction of sp³-hybridized carbons (Fsp3) is 0.500. The van der Waals surface area contributed by atoms with E-state index in [1.165, 1.54) is 11.1 Å². The van der Waals surface area contributed by atoms with Gasteiger partial charge in [0, 0.05) is 38.4 Å². The van der Waals surface area contributed by atoms with Gasteiger partial charge < -0.3 is 5.32 Å². The van der Waals surface area contributed by atoms with Gasteiger partial charge in [-0.25, -0.2) is 4.98 Å². The Hall–Kier alpha value is -0.320. The van der Waals surface area contributed by atoms with Crippen molar-refractivity contribution in [1.82, 2.24) is 15.2 Å². The van der Waals surface area contributed by atoms with Gasteiger partial charge in [-0.2, -0.15) is 0 Å². The number of halogens is 3. The highest BCUT2D eigenvalue weighted by molar-refractivity contribution is 6.29. The summed E-state index contributed by atoms with van der Waals surface area (Å²) >= 11 is 5.86. The fourth-order valence-corrected chi connectivity index (χ4v) is 2.48. The Morgan fingerprint density at radius 1 is 1.40 bits per heavy atom. The lowest BCUT2D eigenvalue weighted by molar-refractivity contribution is 0.172. The van der Waals surface area contributed by atoms with Crippen molar-refractivity contribution in [2.75, 3.05) is 26.2 Å². The van der Waals surface area contributed by atoms with Gasteiger partial charge in [0.25, 0.3) is 0 Å². The predicted octanol–water partition coefficient (Wildman–Crippen LogP) is 3.49. The van der Waals surface area contributed by atoms with Gasteiger partial charge in [-0.15, -0.1) is 31.4 Å². The summed E-state index contributed by atoms with van der Waals surface area (Å²) < 4.78 is 0. The zero-order valence-corrected chi connectivity index (χ0v) is 14.0. The van der Waals surface area contributed by atoms with Crippen LogP contribution in [0, 0.1) is 0 Å². The van der Waals surface area contributed by atoms with Gasteiger partial charge in [0.15, 0.2) is 0 Å². The van der Waals surface area contributed by atoms with Crippen LogP contribution in [0.15, 0.2) is 30.5 Å². The fourth-order valence-electron chi connectivity index (χ4n) is 2.37. The topological polar surface area (TPSA) is 28.2 Å². The number of piperazine rings is 1. The van der Waals surface area contributed by atoms with E-state index in [1.54, 1.807) is 0 Å². The van der Waals surface area contributed by atoms with E-state index >= 15 is 0 Å².